The summed E-state index contributed by atoms with van der Waals surface area (Å²) in [4.78, 5) is 7.03. The van der Waals surface area contributed by atoms with Crippen LogP contribution in [0.4, 0.5) is 5.82 Å². The van der Waals surface area contributed by atoms with Gasteiger partial charge in [0.25, 0.3) is 0 Å². The van der Waals surface area contributed by atoms with E-state index in [4.69, 9.17) is 9.68 Å². The Bertz CT molecular complexity index is 823. The monoisotopic (exact) mass is 418 g/mol. The van der Waals surface area contributed by atoms with Gasteiger partial charge in [-0.3, -0.25) is 0 Å². The molecule has 138 valence electrons. The second-order valence-corrected chi connectivity index (χ2v) is 8.20. The van der Waals surface area contributed by atoms with Crippen LogP contribution in [-0.4, -0.2) is 46.8 Å². The first kappa shape index (κ1) is 17.8. The number of likely N-dealkylation sites (tertiary alicyclic amines) is 1. The van der Waals surface area contributed by atoms with Crippen LogP contribution in [0.5, 0.6) is 0 Å². The van der Waals surface area contributed by atoms with E-state index in [0.717, 1.165) is 48.0 Å². The second kappa shape index (κ2) is 7.55. The fraction of sp³-hybridized carbons (Fsp3) is 0.579. The Hall–Kier alpha value is -1.62. The third kappa shape index (κ3) is 3.46. The van der Waals surface area contributed by atoms with Gasteiger partial charge in [-0.15, -0.1) is 0 Å². The van der Waals surface area contributed by atoms with Crippen LogP contribution in [-0.2, 0) is 0 Å². The van der Waals surface area contributed by atoms with Gasteiger partial charge in [-0.1, -0.05) is 0 Å². The fourth-order valence-corrected chi connectivity index (χ4v) is 4.78. The predicted molar refractivity (Wildman–Crippen MR) is 103 cm³/mol. The minimum Gasteiger partial charge on any atom is -0.444 e. The average molecular weight is 419 g/mol. The topological polar surface area (TPSA) is 85.3 Å². The summed E-state index contributed by atoms with van der Waals surface area (Å²) in [7, 11) is 0. The molecule has 7 heteroatoms. The molecule has 0 aromatic carbocycles. The molecular formula is C19H23BrN4O2. The molecule has 1 atom stereocenters. The molecule has 4 rings (SSSR count). The minimum atomic E-state index is 0.298. The summed E-state index contributed by atoms with van der Waals surface area (Å²) in [6.45, 7) is 2.49. The van der Waals surface area contributed by atoms with E-state index in [2.05, 4.69) is 31.1 Å². The number of fused-ring (bicyclic) bond motifs is 1. The van der Waals surface area contributed by atoms with E-state index in [0.29, 0.717) is 36.0 Å². The Kier molecular flexibility index (Phi) is 5.16. The van der Waals surface area contributed by atoms with Gasteiger partial charge in [-0.2, -0.15) is 5.26 Å². The molecule has 2 N–H and O–H groups in total. The van der Waals surface area contributed by atoms with Crippen molar-refractivity contribution >= 4 is 32.7 Å². The van der Waals surface area contributed by atoms with Crippen LogP contribution in [0.1, 0.15) is 37.9 Å². The quantitative estimate of drug-likeness (QED) is 0.789. The maximum absolute atomic E-state index is 9.33. The van der Waals surface area contributed by atoms with E-state index in [9.17, 15) is 5.11 Å². The summed E-state index contributed by atoms with van der Waals surface area (Å²) in [6, 6.07) is 4.83. The van der Waals surface area contributed by atoms with E-state index in [-0.39, 0.29) is 0 Å². The van der Waals surface area contributed by atoms with E-state index in [1.54, 1.807) is 12.3 Å². The zero-order valence-corrected chi connectivity index (χ0v) is 16.2. The molecule has 0 radical (unpaired) electrons. The number of aliphatic hydroxyl groups excluding tert-OH is 1. The standard InChI is InChI=1S/C19H23BrN4O2/c20-18-16-7-15(8-21)26-17(16)9-22-19(18)23-13-1-3-14(4-2-13)24-6-5-12(10-24)11-25/h7,9,12-14,25H,1-6,10-11H2,(H,22,23). The maximum atomic E-state index is 9.33. The zero-order chi connectivity index (χ0) is 18.1. The number of nitrogens with one attached hydrogen (secondary N) is 1. The molecule has 2 fully saturated rings. The maximum Gasteiger partial charge on any atom is 0.204 e. The first-order chi connectivity index (χ1) is 12.7. The third-order valence-electron chi connectivity index (χ3n) is 5.76. The molecule has 0 spiro atoms. The largest absolute Gasteiger partial charge is 0.444 e. The van der Waals surface area contributed by atoms with Crippen molar-refractivity contribution in [1.29, 1.82) is 5.26 Å². The molecule has 2 aliphatic rings. The van der Waals surface area contributed by atoms with Crippen molar-refractivity contribution in [2.45, 2.75) is 44.2 Å². The van der Waals surface area contributed by atoms with E-state index in [1.807, 2.05) is 6.07 Å². The number of anilines is 1. The molecule has 0 amide bonds. The lowest BCUT2D eigenvalue weighted by molar-refractivity contribution is 0.165. The smallest absolute Gasteiger partial charge is 0.204 e. The van der Waals surface area contributed by atoms with Crippen LogP contribution in [0.2, 0.25) is 0 Å². The van der Waals surface area contributed by atoms with Crippen molar-refractivity contribution in [1.82, 2.24) is 9.88 Å². The number of aliphatic hydroxyl groups is 1. The van der Waals surface area contributed by atoms with Crippen LogP contribution in [0.25, 0.3) is 11.0 Å². The Labute approximate surface area is 161 Å². The highest BCUT2D eigenvalue weighted by Gasteiger charge is 2.31. The van der Waals surface area contributed by atoms with E-state index >= 15 is 0 Å². The lowest BCUT2D eigenvalue weighted by Gasteiger charge is -2.35. The first-order valence-electron chi connectivity index (χ1n) is 9.27. The Morgan fingerprint density at radius 2 is 2.15 bits per heavy atom. The molecule has 1 aliphatic heterocycles. The van der Waals surface area contributed by atoms with E-state index < -0.39 is 0 Å². The Morgan fingerprint density at radius 1 is 1.35 bits per heavy atom. The molecule has 1 aliphatic carbocycles. The molecule has 3 heterocycles. The molecule has 0 bridgehead atoms. The second-order valence-electron chi connectivity index (χ2n) is 7.40. The molecule has 6 nitrogen and oxygen atoms in total. The summed E-state index contributed by atoms with van der Waals surface area (Å²) < 4.78 is 6.28. The highest BCUT2D eigenvalue weighted by molar-refractivity contribution is 9.10. The van der Waals surface area contributed by atoms with Crippen molar-refractivity contribution in [3.63, 3.8) is 0 Å². The van der Waals surface area contributed by atoms with Crippen molar-refractivity contribution in [2.75, 3.05) is 25.0 Å². The van der Waals surface area contributed by atoms with Gasteiger partial charge in [-0.05, 0) is 60.5 Å². The molecular weight excluding hydrogens is 396 g/mol. The molecule has 1 saturated carbocycles. The van der Waals surface area contributed by atoms with Gasteiger partial charge in [0.05, 0.1) is 10.7 Å². The summed E-state index contributed by atoms with van der Waals surface area (Å²) in [5.74, 6) is 1.57. The number of pyridine rings is 1. The molecule has 2 aromatic heterocycles. The molecule has 26 heavy (non-hydrogen) atoms. The van der Waals surface area contributed by atoms with Crippen LogP contribution in [0.15, 0.2) is 21.2 Å². The van der Waals surface area contributed by atoms with Gasteiger partial charge in [-0.25, -0.2) is 4.98 Å². The summed E-state index contributed by atoms with van der Waals surface area (Å²) in [5, 5.41) is 22.8. The minimum absolute atomic E-state index is 0.298. The Balaban J connectivity index is 1.38. The number of rotatable bonds is 4. The number of hydrogen-bond acceptors (Lipinski definition) is 6. The molecule has 1 unspecified atom stereocenters. The highest BCUT2D eigenvalue weighted by Crippen LogP contribution is 2.34. The summed E-state index contributed by atoms with van der Waals surface area (Å²) in [5.41, 5.74) is 0.621. The van der Waals surface area contributed by atoms with Gasteiger partial charge in [0.15, 0.2) is 5.58 Å². The normalized spacial score (nSPS) is 26.9. The van der Waals surface area contributed by atoms with Crippen LogP contribution in [0.3, 0.4) is 0 Å². The van der Waals surface area contributed by atoms with Crippen molar-refractivity contribution < 1.29 is 9.52 Å². The number of hydrogen-bond donors (Lipinski definition) is 2. The van der Waals surface area contributed by atoms with Crippen molar-refractivity contribution in [3.05, 3.63) is 22.5 Å². The number of aromatic nitrogens is 1. The number of furan rings is 1. The van der Waals surface area contributed by atoms with Gasteiger partial charge >= 0.3 is 0 Å². The Morgan fingerprint density at radius 3 is 2.85 bits per heavy atom. The first-order valence-corrected chi connectivity index (χ1v) is 10.1. The van der Waals surface area contributed by atoms with Crippen LogP contribution >= 0.6 is 15.9 Å². The lowest BCUT2D eigenvalue weighted by atomic mass is 9.90. The highest BCUT2D eigenvalue weighted by atomic mass is 79.9. The van der Waals surface area contributed by atoms with Crippen LogP contribution < -0.4 is 5.32 Å². The number of nitrogens with zero attached hydrogens (tertiary/aromatic N) is 3. The van der Waals surface area contributed by atoms with Gasteiger partial charge in [0.1, 0.15) is 11.9 Å². The van der Waals surface area contributed by atoms with Gasteiger partial charge < -0.3 is 19.7 Å². The van der Waals surface area contributed by atoms with Crippen LogP contribution in [0, 0.1) is 17.2 Å². The third-order valence-corrected chi connectivity index (χ3v) is 6.56. The van der Waals surface area contributed by atoms with Gasteiger partial charge in [0.2, 0.25) is 5.76 Å². The summed E-state index contributed by atoms with van der Waals surface area (Å²) >= 11 is 3.61. The molecule has 1 saturated heterocycles. The number of halogens is 1. The van der Waals surface area contributed by atoms with Gasteiger partial charge in [0, 0.05) is 36.7 Å². The zero-order valence-electron chi connectivity index (χ0n) is 14.6. The lowest BCUT2D eigenvalue weighted by Crippen LogP contribution is -2.39. The van der Waals surface area contributed by atoms with Crippen molar-refractivity contribution in [2.24, 2.45) is 5.92 Å². The SMILES string of the molecule is N#Cc1cc2c(Br)c(NC3CCC(N4CCC(CO)C4)CC3)ncc2o1. The predicted octanol–water partition coefficient (Wildman–Crippen LogP) is 3.50. The number of nitriles is 1. The fourth-order valence-electron chi connectivity index (χ4n) is 4.26. The average Bonchev–Trinajstić information content (AvgIpc) is 3.31. The summed E-state index contributed by atoms with van der Waals surface area (Å²) in [6.07, 6.45) is 7.40. The van der Waals surface area contributed by atoms with E-state index in [1.165, 1.54) is 12.8 Å². The molecule has 2 aromatic rings. The van der Waals surface area contributed by atoms with Crippen molar-refractivity contribution in [3.8, 4) is 6.07 Å².